The van der Waals surface area contributed by atoms with Gasteiger partial charge in [-0.25, -0.2) is 0 Å². The fourth-order valence-corrected chi connectivity index (χ4v) is 2.35. The highest BCUT2D eigenvalue weighted by atomic mass is 16.5. The van der Waals surface area contributed by atoms with Crippen molar-refractivity contribution in [3.8, 4) is 5.75 Å². The average molecular weight is 263 g/mol. The lowest BCUT2D eigenvalue weighted by molar-refractivity contribution is -0.124. The van der Waals surface area contributed by atoms with Crippen molar-refractivity contribution in [3.05, 3.63) is 29.8 Å². The largest absolute Gasteiger partial charge is 0.484 e. The first-order valence-electron chi connectivity index (χ1n) is 6.81. The van der Waals surface area contributed by atoms with Gasteiger partial charge in [-0.1, -0.05) is 18.2 Å². The zero-order valence-electron chi connectivity index (χ0n) is 11.3. The third-order valence-electron chi connectivity index (χ3n) is 3.51. The van der Waals surface area contributed by atoms with Gasteiger partial charge in [0.15, 0.2) is 6.61 Å². The standard InChI is InChI=1S/C15H21NO3/c1-11-4-2-3-5-14(11)19-10-15(18)16-12-6-8-13(17)9-7-12/h2-5,12-13,17H,6-10H2,1H3,(H,16,18). The third-order valence-corrected chi connectivity index (χ3v) is 3.51. The van der Waals surface area contributed by atoms with Crippen molar-refractivity contribution in [2.45, 2.75) is 44.8 Å². The molecule has 4 heteroatoms. The van der Waals surface area contributed by atoms with E-state index in [1.807, 2.05) is 31.2 Å². The molecule has 0 saturated heterocycles. The number of hydrogen-bond acceptors (Lipinski definition) is 3. The van der Waals surface area contributed by atoms with E-state index in [2.05, 4.69) is 5.32 Å². The first-order valence-corrected chi connectivity index (χ1v) is 6.81. The van der Waals surface area contributed by atoms with E-state index in [0.29, 0.717) is 0 Å². The maximum Gasteiger partial charge on any atom is 0.258 e. The highest BCUT2D eigenvalue weighted by Crippen LogP contribution is 2.18. The zero-order valence-corrected chi connectivity index (χ0v) is 11.3. The number of carbonyl (C=O) groups excluding carboxylic acids is 1. The summed E-state index contributed by atoms with van der Waals surface area (Å²) >= 11 is 0. The summed E-state index contributed by atoms with van der Waals surface area (Å²) in [6, 6.07) is 7.82. The molecule has 1 aliphatic rings. The number of hydrogen-bond donors (Lipinski definition) is 2. The lowest BCUT2D eigenvalue weighted by Gasteiger charge is -2.26. The smallest absolute Gasteiger partial charge is 0.258 e. The zero-order chi connectivity index (χ0) is 13.7. The molecular formula is C15H21NO3. The van der Waals surface area contributed by atoms with Gasteiger partial charge in [-0.05, 0) is 44.2 Å². The molecule has 1 fully saturated rings. The van der Waals surface area contributed by atoms with Crippen LogP contribution in [0.1, 0.15) is 31.2 Å². The Kier molecular flexibility index (Phi) is 4.80. The number of nitrogens with one attached hydrogen (secondary N) is 1. The number of aliphatic hydroxyl groups excluding tert-OH is 1. The second kappa shape index (κ2) is 6.57. The maximum atomic E-state index is 11.8. The molecule has 104 valence electrons. The monoisotopic (exact) mass is 263 g/mol. The van der Waals surface area contributed by atoms with E-state index >= 15 is 0 Å². The fraction of sp³-hybridized carbons (Fsp3) is 0.533. The molecule has 1 aromatic rings. The molecule has 1 saturated carbocycles. The second-order valence-electron chi connectivity index (χ2n) is 5.13. The van der Waals surface area contributed by atoms with Gasteiger partial charge in [0.1, 0.15) is 5.75 Å². The van der Waals surface area contributed by atoms with Crippen LogP contribution in [0, 0.1) is 6.92 Å². The van der Waals surface area contributed by atoms with Crippen molar-refractivity contribution in [2.24, 2.45) is 0 Å². The third kappa shape index (κ3) is 4.24. The molecule has 2 rings (SSSR count). The van der Waals surface area contributed by atoms with Crippen molar-refractivity contribution in [2.75, 3.05) is 6.61 Å². The van der Waals surface area contributed by atoms with E-state index in [4.69, 9.17) is 4.74 Å². The fourth-order valence-electron chi connectivity index (χ4n) is 2.35. The van der Waals surface area contributed by atoms with Crippen LogP contribution in [-0.4, -0.2) is 29.8 Å². The van der Waals surface area contributed by atoms with Crippen LogP contribution < -0.4 is 10.1 Å². The van der Waals surface area contributed by atoms with Crippen LogP contribution in [0.4, 0.5) is 0 Å². The summed E-state index contributed by atoms with van der Waals surface area (Å²) in [5.74, 6) is 0.654. The number of benzene rings is 1. The Morgan fingerprint density at radius 1 is 1.32 bits per heavy atom. The predicted molar refractivity (Wildman–Crippen MR) is 73.1 cm³/mol. The maximum absolute atomic E-state index is 11.8. The molecule has 4 nitrogen and oxygen atoms in total. The molecule has 1 aliphatic carbocycles. The van der Waals surface area contributed by atoms with E-state index < -0.39 is 0 Å². The quantitative estimate of drug-likeness (QED) is 0.870. The van der Waals surface area contributed by atoms with E-state index in [-0.39, 0.29) is 24.7 Å². The first-order chi connectivity index (χ1) is 9.15. The minimum absolute atomic E-state index is 0.0455. The molecule has 0 aliphatic heterocycles. The van der Waals surface area contributed by atoms with Crippen molar-refractivity contribution >= 4 is 5.91 Å². The highest BCUT2D eigenvalue weighted by Gasteiger charge is 2.20. The Hall–Kier alpha value is -1.55. The van der Waals surface area contributed by atoms with Crippen molar-refractivity contribution in [1.29, 1.82) is 0 Å². The molecular weight excluding hydrogens is 242 g/mol. The van der Waals surface area contributed by atoms with Crippen LogP contribution in [0.25, 0.3) is 0 Å². The molecule has 19 heavy (non-hydrogen) atoms. The van der Waals surface area contributed by atoms with Crippen LogP contribution >= 0.6 is 0 Å². The Balaban J connectivity index is 1.74. The predicted octanol–water partition coefficient (Wildman–Crippen LogP) is 1.79. The summed E-state index contributed by atoms with van der Waals surface area (Å²) in [5, 5.41) is 12.4. The molecule has 0 radical (unpaired) electrons. The minimum Gasteiger partial charge on any atom is -0.484 e. The lowest BCUT2D eigenvalue weighted by Crippen LogP contribution is -2.40. The number of aryl methyl sites for hydroxylation is 1. The topological polar surface area (TPSA) is 58.6 Å². The summed E-state index contributed by atoms with van der Waals surface area (Å²) < 4.78 is 5.50. The lowest BCUT2D eigenvalue weighted by atomic mass is 9.93. The number of carbonyl (C=O) groups is 1. The van der Waals surface area contributed by atoms with Crippen LogP contribution in [0.15, 0.2) is 24.3 Å². The Labute approximate surface area is 113 Å². The summed E-state index contributed by atoms with van der Waals surface area (Å²) in [4.78, 5) is 11.8. The molecule has 1 amide bonds. The van der Waals surface area contributed by atoms with Gasteiger partial charge in [0, 0.05) is 6.04 Å². The van der Waals surface area contributed by atoms with E-state index in [1.165, 1.54) is 0 Å². The first kappa shape index (κ1) is 13.9. The van der Waals surface area contributed by atoms with E-state index in [0.717, 1.165) is 37.0 Å². The number of ether oxygens (including phenoxy) is 1. The van der Waals surface area contributed by atoms with Crippen LogP contribution in [0.3, 0.4) is 0 Å². The summed E-state index contributed by atoms with van der Waals surface area (Å²) in [6.45, 7) is 2.00. The molecule has 2 N–H and O–H groups in total. The van der Waals surface area contributed by atoms with Crippen LogP contribution in [-0.2, 0) is 4.79 Å². The number of amides is 1. The number of para-hydroxylation sites is 1. The van der Waals surface area contributed by atoms with Gasteiger partial charge in [-0.3, -0.25) is 4.79 Å². The number of rotatable bonds is 4. The highest BCUT2D eigenvalue weighted by molar-refractivity contribution is 5.77. The second-order valence-corrected chi connectivity index (χ2v) is 5.13. The Bertz CT molecular complexity index is 425. The molecule has 0 atom stereocenters. The van der Waals surface area contributed by atoms with Gasteiger partial charge in [0.2, 0.25) is 0 Å². The van der Waals surface area contributed by atoms with Crippen molar-refractivity contribution < 1.29 is 14.6 Å². The van der Waals surface area contributed by atoms with Gasteiger partial charge in [0.25, 0.3) is 5.91 Å². The van der Waals surface area contributed by atoms with Crippen LogP contribution in [0.5, 0.6) is 5.75 Å². The molecule has 1 aromatic carbocycles. The average Bonchev–Trinajstić information content (AvgIpc) is 2.40. The van der Waals surface area contributed by atoms with Gasteiger partial charge in [-0.15, -0.1) is 0 Å². The van der Waals surface area contributed by atoms with Crippen molar-refractivity contribution in [1.82, 2.24) is 5.32 Å². The van der Waals surface area contributed by atoms with Gasteiger partial charge < -0.3 is 15.2 Å². The van der Waals surface area contributed by atoms with Gasteiger partial charge in [-0.2, -0.15) is 0 Å². The summed E-state index contributed by atoms with van der Waals surface area (Å²) in [7, 11) is 0. The summed E-state index contributed by atoms with van der Waals surface area (Å²) in [6.07, 6.45) is 3.03. The normalized spacial score (nSPS) is 22.8. The molecule has 0 aromatic heterocycles. The molecule has 0 spiro atoms. The molecule has 0 unspecified atom stereocenters. The van der Waals surface area contributed by atoms with E-state index in [9.17, 15) is 9.90 Å². The Morgan fingerprint density at radius 2 is 2.00 bits per heavy atom. The Morgan fingerprint density at radius 3 is 2.68 bits per heavy atom. The minimum atomic E-state index is -0.198. The SMILES string of the molecule is Cc1ccccc1OCC(=O)NC1CCC(O)CC1. The van der Waals surface area contributed by atoms with Gasteiger partial charge in [0.05, 0.1) is 6.10 Å². The van der Waals surface area contributed by atoms with Crippen molar-refractivity contribution in [3.63, 3.8) is 0 Å². The molecule has 0 heterocycles. The van der Waals surface area contributed by atoms with E-state index in [1.54, 1.807) is 0 Å². The number of aliphatic hydroxyl groups is 1. The summed E-state index contributed by atoms with van der Waals surface area (Å²) in [5.41, 5.74) is 1.02. The molecule has 0 bridgehead atoms. The van der Waals surface area contributed by atoms with Crippen LogP contribution in [0.2, 0.25) is 0 Å². The van der Waals surface area contributed by atoms with Gasteiger partial charge >= 0.3 is 0 Å².